The largest absolute Gasteiger partial charge is 0.352 e. The first-order chi connectivity index (χ1) is 6.27. The van der Waals surface area contributed by atoms with E-state index < -0.39 is 0 Å². The molecule has 0 unspecified atom stereocenters. The van der Waals surface area contributed by atoms with Gasteiger partial charge >= 0.3 is 7.41 Å². The summed E-state index contributed by atoms with van der Waals surface area (Å²) >= 11 is 0. The van der Waals surface area contributed by atoms with E-state index in [1.165, 1.54) is 16.6 Å². The number of nitrogens with zero attached hydrogens (tertiary/aromatic N) is 1. The molecule has 1 radical (unpaired) electrons. The van der Waals surface area contributed by atoms with Crippen molar-refractivity contribution in [2.24, 2.45) is 5.10 Å². The van der Waals surface area contributed by atoms with E-state index in [1.54, 1.807) is 0 Å². The summed E-state index contributed by atoms with van der Waals surface area (Å²) in [5, 5.41) is 6.82. The lowest BCUT2D eigenvalue weighted by molar-refractivity contribution is 0.866. The van der Waals surface area contributed by atoms with E-state index in [0.717, 1.165) is 0 Å². The molecule has 1 heterocycles. The third-order valence-electron chi connectivity index (χ3n) is 2.28. The monoisotopic (exact) mass is 171 g/mol. The van der Waals surface area contributed by atoms with Crippen LogP contribution in [0.25, 0.3) is 0 Å². The molecule has 0 spiro atoms. The second-order valence-corrected chi connectivity index (χ2v) is 3.57. The Morgan fingerprint density at radius 3 is 3.00 bits per heavy atom. The summed E-state index contributed by atoms with van der Waals surface area (Å²) in [5.74, 6) is 0.577. The highest BCUT2D eigenvalue weighted by Crippen LogP contribution is 2.13. The quantitative estimate of drug-likeness (QED) is 0.626. The van der Waals surface area contributed by atoms with Crippen LogP contribution in [0.2, 0.25) is 0 Å². The van der Waals surface area contributed by atoms with E-state index in [4.69, 9.17) is 0 Å². The Bertz CT molecular complexity index is 345. The summed E-state index contributed by atoms with van der Waals surface area (Å²) in [6, 6.07) is 6.49. The van der Waals surface area contributed by atoms with Gasteiger partial charge in [0.2, 0.25) is 0 Å². The lowest BCUT2D eigenvalue weighted by Crippen LogP contribution is -2.33. The van der Waals surface area contributed by atoms with Crippen LogP contribution in [0.15, 0.2) is 23.3 Å². The number of hydrazone groups is 1. The zero-order valence-corrected chi connectivity index (χ0v) is 7.91. The van der Waals surface area contributed by atoms with Crippen molar-refractivity contribution in [2.75, 3.05) is 0 Å². The molecule has 3 heteroatoms. The van der Waals surface area contributed by atoms with Gasteiger partial charge < -0.3 is 5.34 Å². The summed E-state index contributed by atoms with van der Waals surface area (Å²) in [4.78, 5) is 0. The molecular formula is C10H12BN2. The second-order valence-electron chi connectivity index (χ2n) is 3.57. The number of rotatable bonds is 1. The van der Waals surface area contributed by atoms with Crippen molar-refractivity contribution in [3.63, 3.8) is 0 Å². The average molecular weight is 171 g/mol. The first-order valence-corrected chi connectivity index (χ1v) is 4.53. The summed E-state index contributed by atoms with van der Waals surface area (Å²) in [7, 11) is 1.92. The lowest BCUT2D eigenvalue weighted by Gasteiger charge is -2.12. The SMILES string of the molecule is CC(C)c1ccc2c(c1)C=NN[B]2. The van der Waals surface area contributed by atoms with E-state index in [9.17, 15) is 0 Å². The zero-order valence-electron chi connectivity index (χ0n) is 7.91. The van der Waals surface area contributed by atoms with E-state index in [2.05, 4.69) is 42.5 Å². The Morgan fingerprint density at radius 2 is 2.23 bits per heavy atom. The maximum absolute atomic E-state index is 3.99. The maximum Gasteiger partial charge on any atom is 0.305 e. The van der Waals surface area contributed by atoms with Gasteiger partial charge in [0.15, 0.2) is 0 Å². The van der Waals surface area contributed by atoms with Crippen LogP contribution in [0.4, 0.5) is 0 Å². The topological polar surface area (TPSA) is 24.4 Å². The van der Waals surface area contributed by atoms with Gasteiger partial charge in [-0.2, -0.15) is 0 Å². The molecule has 0 saturated heterocycles. The van der Waals surface area contributed by atoms with Crippen molar-refractivity contribution >= 4 is 19.1 Å². The molecule has 1 aromatic carbocycles. The van der Waals surface area contributed by atoms with Gasteiger partial charge in [0.05, 0.1) is 6.21 Å². The Labute approximate surface area is 79.3 Å². The number of hydrogen-bond donors (Lipinski definition) is 1. The van der Waals surface area contributed by atoms with Gasteiger partial charge in [-0.15, -0.1) is 0 Å². The predicted octanol–water partition coefficient (Wildman–Crippen LogP) is 0.992. The third kappa shape index (κ3) is 1.59. The van der Waals surface area contributed by atoms with Crippen LogP contribution < -0.4 is 10.8 Å². The van der Waals surface area contributed by atoms with Gasteiger partial charge in [-0.1, -0.05) is 37.5 Å². The molecule has 0 fully saturated rings. The Hall–Kier alpha value is -1.25. The fourth-order valence-corrected chi connectivity index (χ4v) is 1.41. The van der Waals surface area contributed by atoms with E-state index in [1.807, 2.05) is 13.6 Å². The molecule has 0 aliphatic carbocycles. The van der Waals surface area contributed by atoms with Crippen molar-refractivity contribution in [2.45, 2.75) is 19.8 Å². The standard InChI is InChI=1S/C10H12BN2/c1-7(2)8-3-4-10-9(5-8)6-12-13-11-10/h3-7,13H,1-2H3. The van der Waals surface area contributed by atoms with Crippen molar-refractivity contribution in [3.05, 3.63) is 29.3 Å². The molecule has 1 aromatic rings. The molecule has 1 aliphatic rings. The molecule has 0 bridgehead atoms. The molecule has 0 aromatic heterocycles. The summed E-state index contributed by atoms with van der Waals surface area (Å²) in [5.41, 5.74) is 3.77. The summed E-state index contributed by atoms with van der Waals surface area (Å²) < 4.78 is 0. The van der Waals surface area contributed by atoms with Crippen molar-refractivity contribution in [1.82, 2.24) is 5.34 Å². The highest BCUT2D eigenvalue weighted by Gasteiger charge is 2.08. The minimum atomic E-state index is 0.577. The molecular weight excluding hydrogens is 159 g/mol. The molecule has 0 atom stereocenters. The van der Waals surface area contributed by atoms with Crippen molar-refractivity contribution in [3.8, 4) is 0 Å². The van der Waals surface area contributed by atoms with Crippen LogP contribution in [-0.4, -0.2) is 13.6 Å². The van der Waals surface area contributed by atoms with Gasteiger partial charge in [-0.05, 0) is 17.0 Å². The van der Waals surface area contributed by atoms with Crippen LogP contribution in [0.3, 0.4) is 0 Å². The Kier molecular flexibility index (Phi) is 2.09. The molecule has 0 saturated carbocycles. The van der Waals surface area contributed by atoms with E-state index in [0.29, 0.717) is 5.92 Å². The molecule has 2 nitrogen and oxygen atoms in total. The molecule has 1 N–H and O–H groups in total. The average Bonchev–Trinajstić information content (AvgIpc) is 2.17. The lowest BCUT2D eigenvalue weighted by atomic mass is 9.78. The minimum absolute atomic E-state index is 0.577. The van der Waals surface area contributed by atoms with E-state index in [-0.39, 0.29) is 0 Å². The van der Waals surface area contributed by atoms with Crippen LogP contribution in [0.5, 0.6) is 0 Å². The van der Waals surface area contributed by atoms with Gasteiger partial charge in [0.25, 0.3) is 0 Å². The molecule has 1 aliphatic heterocycles. The Morgan fingerprint density at radius 1 is 1.38 bits per heavy atom. The molecule has 65 valence electrons. The third-order valence-corrected chi connectivity index (χ3v) is 2.28. The first-order valence-electron chi connectivity index (χ1n) is 4.53. The molecule has 2 rings (SSSR count). The normalized spacial score (nSPS) is 13.5. The van der Waals surface area contributed by atoms with E-state index >= 15 is 0 Å². The molecule has 13 heavy (non-hydrogen) atoms. The van der Waals surface area contributed by atoms with Crippen LogP contribution >= 0.6 is 0 Å². The summed E-state index contributed by atoms with van der Waals surface area (Å²) in [6.07, 6.45) is 1.86. The van der Waals surface area contributed by atoms with Crippen LogP contribution in [0.1, 0.15) is 30.9 Å². The minimum Gasteiger partial charge on any atom is -0.352 e. The fourth-order valence-electron chi connectivity index (χ4n) is 1.41. The van der Waals surface area contributed by atoms with Crippen LogP contribution in [0, 0.1) is 0 Å². The summed E-state index contributed by atoms with van der Waals surface area (Å²) in [6.45, 7) is 4.40. The maximum atomic E-state index is 3.99. The van der Waals surface area contributed by atoms with Crippen molar-refractivity contribution in [1.29, 1.82) is 0 Å². The number of nitrogens with one attached hydrogen (secondary N) is 1. The van der Waals surface area contributed by atoms with Crippen LogP contribution in [-0.2, 0) is 0 Å². The number of fused-ring (bicyclic) bond motifs is 1. The number of hydrogen-bond acceptors (Lipinski definition) is 2. The highest BCUT2D eigenvalue weighted by atomic mass is 15.2. The van der Waals surface area contributed by atoms with Gasteiger partial charge in [-0.3, -0.25) is 0 Å². The molecule has 0 amide bonds. The number of benzene rings is 1. The van der Waals surface area contributed by atoms with Crippen molar-refractivity contribution < 1.29 is 0 Å². The van der Waals surface area contributed by atoms with Gasteiger partial charge in [0, 0.05) is 0 Å². The predicted molar refractivity (Wildman–Crippen MR) is 56.6 cm³/mol. The smallest absolute Gasteiger partial charge is 0.305 e. The van der Waals surface area contributed by atoms with Gasteiger partial charge in [0.1, 0.15) is 0 Å². The highest BCUT2D eigenvalue weighted by molar-refractivity contribution is 6.53. The first kappa shape index (κ1) is 8.36. The zero-order chi connectivity index (χ0) is 9.26. The Balaban J connectivity index is 2.43. The fraction of sp³-hybridized carbons (Fsp3) is 0.300. The second kappa shape index (κ2) is 3.25. The van der Waals surface area contributed by atoms with Gasteiger partial charge in [-0.25, -0.2) is 5.10 Å².